The molecule has 0 aliphatic rings. The van der Waals surface area contributed by atoms with Gasteiger partial charge >= 0.3 is 0 Å². The molecular weight excluding hydrogens is 427 g/mol. The molecule has 6 nitrogen and oxygen atoms in total. The van der Waals surface area contributed by atoms with Crippen molar-refractivity contribution in [3.05, 3.63) is 75.3 Å². The molecule has 0 saturated carbocycles. The lowest BCUT2D eigenvalue weighted by Gasteiger charge is -2.17. The van der Waals surface area contributed by atoms with Gasteiger partial charge in [-0.1, -0.05) is 12.1 Å². The Balaban J connectivity index is 1.75. The lowest BCUT2D eigenvalue weighted by molar-refractivity contribution is -0.112. The topological polar surface area (TPSA) is 79.9 Å². The van der Waals surface area contributed by atoms with Crippen LogP contribution in [0.1, 0.15) is 40.4 Å². The summed E-state index contributed by atoms with van der Waals surface area (Å²) in [6.07, 6.45) is 3.75. The van der Waals surface area contributed by atoms with E-state index in [2.05, 4.69) is 21.8 Å². The number of nitriles is 1. The summed E-state index contributed by atoms with van der Waals surface area (Å²) in [5.74, 6) is -0.811. The number of thiazole rings is 1. The second-order valence-electron chi connectivity index (χ2n) is 7.56. The molecule has 8 heteroatoms. The van der Waals surface area contributed by atoms with E-state index >= 15 is 0 Å². The van der Waals surface area contributed by atoms with Gasteiger partial charge in [0.2, 0.25) is 0 Å². The Morgan fingerprint density at radius 2 is 2.19 bits per heavy atom. The second kappa shape index (κ2) is 10.4. The van der Waals surface area contributed by atoms with Crippen LogP contribution in [0.4, 0.5) is 9.52 Å². The maximum atomic E-state index is 13.4. The van der Waals surface area contributed by atoms with Gasteiger partial charge in [-0.3, -0.25) is 10.1 Å². The second-order valence-corrected chi connectivity index (χ2v) is 8.68. The molecule has 0 aliphatic carbocycles. The van der Waals surface area contributed by atoms with Crippen molar-refractivity contribution >= 4 is 28.5 Å². The molecule has 1 amide bonds. The Kier molecular flexibility index (Phi) is 7.57. The van der Waals surface area contributed by atoms with E-state index in [1.54, 1.807) is 25.4 Å². The van der Waals surface area contributed by atoms with E-state index < -0.39 is 5.91 Å². The number of hydrogen-bond donors (Lipinski definition) is 1. The van der Waals surface area contributed by atoms with Crippen LogP contribution in [0.2, 0.25) is 0 Å². The number of anilines is 1. The van der Waals surface area contributed by atoms with Crippen molar-refractivity contribution in [3.63, 3.8) is 0 Å². The van der Waals surface area contributed by atoms with E-state index in [1.165, 1.54) is 23.5 Å². The third-order valence-electron chi connectivity index (χ3n) is 5.08. The summed E-state index contributed by atoms with van der Waals surface area (Å²) < 4.78 is 20.8. The van der Waals surface area contributed by atoms with Crippen molar-refractivity contribution in [1.82, 2.24) is 9.55 Å². The molecule has 32 heavy (non-hydrogen) atoms. The van der Waals surface area contributed by atoms with Crippen LogP contribution in [-0.2, 0) is 16.0 Å². The predicted octanol–water partition coefficient (Wildman–Crippen LogP) is 5.04. The third kappa shape index (κ3) is 5.49. The largest absolute Gasteiger partial charge is 0.383 e. The molecule has 3 rings (SSSR count). The van der Waals surface area contributed by atoms with E-state index in [9.17, 15) is 14.4 Å². The first kappa shape index (κ1) is 23.4. The fraction of sp³-hybridized carbons (Fsp3) is 0.292. The average Bonchev–Trinajstić information content (AvgIpc) is 3.29. The lowest BCUT2D eigenvalue weighted by atomic mass is 10.1. The molecule has 1 unspecified atom stereocenters. The number of halogens is 1. The Morgan fingerprint density at radius 1 is 1.41 bits per heavy atom. The maximum Gasteiger partial charge on any atom is 0.268 e. The Labute approximate surface area is 191 Å². The summed E-state index contributed by atoms with van der Waals surface area (Å²) in [5.41, 5.74) is 3.61. The fourth-order valence-electron chi connectivity index (χ4n) is 3.71. The van der Waals surface area contributed by atoms with Crippen LogP contribution in [0.3, 0.4) is 0 Å². The summed E-state index contributed by atoms with van der Waals surface area (Å²) in [5, 5.41) is 12.6. The van der Waals surface area contributed by atoms with Gasteiger partial charge in [0.05, 0.1) is 12.6 Å². The molecule has 2 heterocycles. The number of nitrogens with zero attached hydrogens (tertiary/aromatic N) is 3. The van der Waals surface area contributed by atoms with E-state index in [-0.39, 0.29) is 17.4 Å². The van der Waals surface area contributed by atoms with Gasteiger partial charge in [0, 0.05) is 36.0 Å². The van der Waals surface area contributed by atoms with Crippen LogP contribution in [0.25, 0.3) is 6.08 Å². The van der Waals surface area contributed by atoms with Crippen LogP contribution in [0.15, 0.2) is 42.1 Å². The van der Waals surface area contributed by atoms with Crippen LogP contribution >= 0.6 is 11.3 Å². The number of methoxy groups -OCH3 is 1. The van der Waals surface area contributed by atoms with E-state index in [1.807, 2.05) is 32.0 Å². The maximum absolute atomic E-state index is 13.4. The van der Waals surface area contributed by atoms with Crippen molar-refractivity contribution in [2.45, 2.75) is 33.2 Å². The van der Waals surface area contributed by atoms with Crippen LogP contribution in [-0.4, -0.2) is 29.2 Å². The van der Waals surface area contributed by atoms with Gasteiger partial charge in [-0.05, 0) is 56.2 Å². The number of hydrogen-bond acceptors (Lipinski definition) is 5. The molecule has 0 aliphatic heterocycles. The normalized spacial score (nSPS) is 12.4. The van der Waals surface area contributed by atoms with Crippen molar-refractivity contribution in [2.24, 2.45) is 0 Å². The van der Waals surface area contributed by atoms with Gasteiger partial charge < -0.3 is 9.30 Å². The molecule has 0 spiro atoms. The minimum atomic E-state index is -0.520. The first-order chi connectivity index (χ1) is 15.3. The zero-order chi connectivity index (χ0) is 23.3. The van der Waals surface area contributed by atoms with Crippen molar-refractivity contribution in [1.29, 1.82) is 5.26 Å². The monoisotopic (exact) mass is 452 g/mol. The molecule has 2 aromatic heterocycles. The number of carbonyl (C=O) groups is 1. The Hall–Kier alpha value is -3.28. The summed E-state index contributed by atoms with van der Waals surface area (Å²) in [4.78, 5) is 17.8. The van der Waals surface area contributed by atoms with Crippen LogP contribution < -0.4 is 5.32 Å². The SMILES string of the molecule is COCC(C)n1c(C)cc(/C=C(\C#N)C(=O)Nc2ncc(Cc3cccc(F)c3)s2)c1C. The van der Waals surface area contributed by atoms with Gasteiger partial charge in [-0.25, -0.2) is 9.37 Å². The standard InChI is InChI=1S/C24H25FN4O2S/c1-15-8-19(17(3)29(15)16(2)14-31-4)11-20(12-26)23(30)28-24-27-13-22(32-24)10-18-6-5-7-21(25)9-18/h5-9,11,13,16H,10,14H2,1-4H3,(H,27,28,30)/b20-11+. The van der Waals surface area contributed by atoms with Crippen molar-refractivity contribution in [2.75, 3.05) is 19.0 Å². The minimum Gasteiger partial charge on any atom is -0.383 e. The van der Waals surface area contributed by atoms with Gasteiger partial charge in [0.15, 0.2) is 5.13 Å². The minimum absolute atomic E-state index is 0.00785. The number of benzene rings is 1. The first-order valence-electron chi connectivity index (χ1n) is 10.1. The average molecular weight is 453 g/mol. The van der Waals surface area contributed by atoms with Crippen molar-refractivity contribution in [3.8, 4) is 6.07 Å². The molecular formula is C24H25FN4O2S. The lowest BCUT2D eigenvalue weighted by Crippen LogP contribution is -2.14. The molecule has 0 bridgehead atoms. The summed E-state index contributed by atoms with van der Waals surface area (Å²) in [6, 6.07) is 10.4. The van der Waals surface area contributed by atoms with Gasteiger partial charge in [-0.2, -0.15) is 5.26 Å². The Bertz CT molecular complexity index is 1190. The van der Waals surface area contributed by atoms with Crippen molar-refractivity contribution < 1.29 is 13.9 Å². The number of aryl methyl sites for hydroxylation is 1. The molecule has 0 saturated heterocycles. The summed E-state index contributed by atoms with van der Waals surface area (Å²) in [7, 11) is 1.66. The molecule has 1 N–H and O–H groups in total. The molecule has 3 aromatic rings. The first-order valence-corrected chi connectivity index (χ1v) is 10.9. The summed E-state index contributed by atoms with van der Waals surface area (Å²) >= 11 is 1.30. The highest BCUT2D eigenvalue weighted by Crippen LogP contribution is 2.24. The highest BCUT2D eigenvalue weighted by Gasteiger charge is 2.17. The highest BCUT2D eigenvalue weighted by atomic mass is 32.1. The number of ether oxygens (including phenoxy) is 1. The molecule has 0 fully saturated rings. The summed E-state index contributed by atoms with van der Waals surface area (Å²) in [6.45, 7) is 6.56. The molecule has 166 valence electrons. The predicted molar refractivity (Wildman–Crippen MR) is 124 cm³/mol. The fourth-order valence-corrected chi connectivity index (χ4v) is 4.55. The van der Waals surface area contributed by atoms with E-state index in [0.29, 0.717) is 18.2 Å². The van der Waals surface area contributed by atoms with E-state index in [4.69, 9.17) is 4.74 Å². The van der Waals surface area contributed by atoms with Crippen LogP contribution in [0.5, 0.6) is 0 Å². The molecule has 1 aromatic carbocycles. The number of aromatic nitrogens is 2. The zero-order valence-electron chi connectivity index (χ0n) is 18.5. The number of amides is 1. The molecule has 0 radical (unpaired) electrons. The van der Waals surface area contributed by atoms with Gasteiger partial charge in [-0.15, -0.1) is 11.3 Å². The smallest absolute Gasteiger partial charge is 0.268 e. The number of rotatable bonds is 8. The zero-order valence-corrected chi connectivity index (χ0v) is 19.3. The number of carbonyl (C=O) groups excluding carboxylic acids is 1. The Morgan fingerprint density at radius 3 is 2.88 bits per heavy atom. The quantitative estimate of drug-likeness (QED) is 0.383. The van der Waals surface area contributed by atoms with Crippen LogP contribution in [0, 0.1) is 31.0 Å². The van der Waals surface area contributed by atoms with Gasteiger partial charge in [0.25, 0.3) is 5.91 Å². The number of nitrogens with one attached hydrogen (secondary N) is 1. The molecule has 1 atom stereocenters. The third-order valence-corrected chi connectivity index (χ3v) is 5.99. The van der Waals surface area contributed by atoms with E-state index in [0.717, 1.165) is 27.4 Å². The van der Waals surface area contributed by atoms with Gasteiger partial charge in [0.1, 0.15) is 17.5 Å². The highest BCUT2D eigenvalue weighted by molar-refractivity contribution is 7.15.